The highest BCUT2D eigenvalue weighted by Crippen LogP contribution is 2.33. The largest absolute Gasteiger partial charge is 0.493 e. The molecule has 1 aromatic rings. The van der Waals surface area contributed by atoms with E-state index in [1.165, 1.54) is 5.56 Å². The Labute approximate surface area is 133 Å². The van der Waals surface area contributed by atoms with Gasteiger partial charge in [0.25, 0.3) is 0 Å². The molecule has 2 aliphatic heterocycles. The number of carbonyl (C=O) groups excluding carboxylic acids is 1. The average molecular weight is 353 g/mol. The van der Waals surface area contributed by atoms with Crippen LogP contribution >= 0.6 is 15.9 Å². The average Bonchev–Trinajstić information content (AvgIpc) is 2.93. The van der Waals surface area contributed by atoms with Crippen molar-refractivity contribution in [1.82, 2.24) is 10.6 Å². The summed E-state index contributed by atoms with van der Waals surface area (Å²) in [5, 5.41) is 6.40. The number of hydrogen-bond donors (Lipinski definition) is 2. The number of carbonyl (C=O) groups is 1. The summed E-state index contributed by atoms with van der Waals surface area (Å²) in [6.45, 7) is 5.16. The second kappa shape index (κ2) is 5.97. The van der Waals surface area contributed by atoms with Crippen LogP contribution in [0.25, 0.3) is 0 Å². The lowest BCUT2D eigenvalue weighted by atomic mass is 9.80. The zero-order chi connectivity index (χ0) is 14.9. The van der Waals surface area contributed by atoms with E-state index < -0.39 is 0 Å². The van der Waals surface area contributed by atoms with Crippen molar-refractivity contribution in [2.75, 3.05) is 19.7 Å². The molecule has 0 unspecified atom stereocenters. The normalized spacial score (nSPS) is 19.7. The Morgan fingerprint density at radius 1 is 1.43 bits per heavy atom. The number of halogens is 1. The van der Waals surface area contributed by atoms with E-state index in [4.69, 9.17) is 4.74 Å². The van der Waals surface area contributed by atoms with Gasteiger partial charge >= 0.3 is 0 Å². The molecule has 4 nitrogen and oxygen atoms in total. The molecule has 3 rings (SSSR count). The van der Waals surface area contributed by atoms with Gasteiger partial charge in [0.2, 0.25) is 5.91 Å². The minimum Gasteiger partial charge on any atom is -0.493 e. The fourth-order valence-corrected chi connectivity index (χ4v) is 3.62. The zero-order valence-corrected chi connectivity index (χ0v) is 13.9. The van der Waals surface area contributed by atoms with Crippen LogP contribution in [-0.4, -0.2) is 25.6 Å². The van der Waals surface area contributed by atoms with Crippen LogP contribution < -0.4 is 15.4 Å². The number of rotatable bonds is 3. The SMILES string of the molecule is CC1(C(=O)NCc2cc(Br)cc3c2OCC3)CCNCC1. The third-order valence-corrected chi connectivity index (χ3v) is 4.98. The van der Waals surface area contributed by atoms with Crippen LogP contribution in [-0.2, 0) is 17.8 Å². The van der Waals surface area contributed by atoms with E-state index in [0.29, 0.717) is 6.54 Å². The molecule has 2 aliphatic rings. The highest BCUT2D eigenvalue weighted by Gasteiger charge is 2.34. The van der Waals surface area contributed by atoms with E-state index in [1.54, 1.807) is 0 Å². The number of ether oxygens (including phenoxy) is 1. The first-order valence-electron chi connectivity index (χ1n) is 7.52. The molecule has 0 radical (unpaired) electrons. The lowest BCUT2D eigenvalue weighted by molar-refractivity contribution is -0.131. The Morgan fingerprint density at radius 3 is 2.95 bits per heavy atom. The van der Waals surface area contributed by atoms with Gasteiger partial charge in [0.15, 0.2) is 0 Å². The van der Waals surface area contributed by atoms with Crippen LogP contribution in [0.5, 0.6) is 5.75 Å². The van der Waals surface area contributed by atoms with Crippen molar-refractivity contribution in [1.29, 1.82) is 0 Å². The van der Waals surface area contributed by atoms with Crippen molar-refractivity contribution in [3.05, 3.63) is 27.7 Å². The van der Waals surface area contributed by atoms with Crippen LogP contribution in [0, 0.1) is 5.41 Å². The second-order valence-electron chi connectivity index (χ2n) is 6.14. The maximum atomic E-state index is 12.5. The summed E-state index contributed by atoms with van der Waals surface area (Å²) in [7, 11) is 0. The van der Waals surface area contributed by atoms with E-state index in [0.717, 1.165) is 54.7 Å². The summed E-state index contributed by atoms with van der Waals surface area (Å²) in [5.41, 5.74) is 2.03. The Hall–Kier alpha value is -1.07. The first-order valence-corrected chi connectivity index (χ1v) is 8.31. The van der Waals surface area contributed by atoms with Crippen LogP contribution in [0.1, 0.15) is 30.9 Å². The third kappa shape index (κ3) is 3.09. The maximum absolute atomic E-state index is 12.5. The number of fused-ring (bicyclic) bond motifs is 1. The molecule has 0 bridgehead atoms. The molecule has 1 aromatic carbocycles. The van der Waals surface area contributed by atoms with Gasteiger partial charge in [-0.1, -0.05) is 22.9 Å². The second-order valence-corrected chi connectivity index (χ2v) is 7.06. The van der Waals surface area contributed by atoms with Crippen LogP contribution in [0.4, 0.5) is 0 Å². The third-order valence-electron chi connectivity index (χ3n) is 4.52. The minimum atomic E-state index is -0.249. The molecule has 21 heavy (non-hydrogen) atoms. The molecule has 1 fully saturated rings. The highest BCUT2D eigenvalue weighted by molar-refractivity contribution is 9.10. The number of benzene rings is 1. The molecule has 2 heterocycles. The lowest BCUT2D eigenvalue weighted by Gasteiger charge is -2.32. The molecular weight excluding hydrogens is 332 g/mol. The van der Waals surface area contributed by atoms with Gasteiger partial charge in [-0.2, -0.15) is 0 Å². The van der Waals surface area contributed by atoms with Gasteiger partial charge < -0.3 is 15.4 Å². The van der Waals surface area contributed by atoms with Crippen LogP contribution in [0.3, 0.4) is 0 Å². The van der Waals surface area contributed by atoms with E-state index in [-0.39, 0.29) is 11.3 Å². The number of hydrogen-bond acceptors (Lipinski definition) is 3. The molecule has 1 amide bonds. The van der Waals surface area contributed by atoms with Crippen LogP contribution in [0.2, 0.25) is 0 Å². The van der Waals surface area contributed by atoms with E-state index >= 15 is 0 Å². The molecule has 114 valence electrons. The molecule has 1 saturated heterocycles. The molecule has 0 aromatic heterocycles. The number of amides is 1. The predicted octanol–water partition coefficient (Wildman–Crippen LogP) is 2.39. The molecule has 0 atom stereocenters. The predicted molar refractivity (Wildman–Crippen MR) is 85.4 cm³/mol. The molecular formula is C16H21BrN2O2. The quantitative estimate of drug-likeness (QED) is 0.877. The summed E-state index contributed by atoms with van der Waals surface area (Å²) >= 11 is 3.53. The fraction of sp³-hybridized carbons (Fsp3) is 0.562. The summed E-state index contributed by atoms with van der Waals surface area (Å²) in [6, 6.07) is 4.14. The first-order chi connectivity index (χ1) is 10.1. The lowest BCUT2D eigenvalue weighted by Crippen LogP contribution is -2.45. The van der Waals surface area contributed by atoms with Crippen molar-refractivity contribution in [2.24, 2.45) is 5.41 Å². The van der Waals surface area contributed by atoms with E-state index in [2.05, 4.69) is 39.6 Å². The molecule has 5 heteroatoms. The van der Waals surface area contributed by atoms with Gasteiger partial charge in [-0.15, -0.1) is 0 Å². The van der Waals surface area contributed by atoms with Crippen LogP contribution in [0.15, 0.2) is 16.6 Å². The molecule has 0 spiro atoms. The van der Waals surface area contributed by atoms with E-state index in [9.17, 15) is 4.79 Å². The van der Waals surface area contributed by atoms with Gasteiger partial charge in [-0.25, -0.2) is 0 Å². The maximum Gasteiger partial charge on any atom is 0.226 e. The Balaban J connectivity index is 1.69. The van der Waals surface area contributed by atoms with Crippen molar-refractivity contribution in [2.45, 2.75) is 32.7 Å². The Morgan fingerprint density at radius 2 is 2.19 bits per heavy atom. The van der Waals surface area contributed by atoms with Gasteiger partial charge in [-0.3, -0.25) is 4.79 Å². The Bertz CT molecular complexity index is 553. The Kier molecular flexibility index (Phi) is 4.22. The first kappa shape index (κ1) is 14.9. The summed E-state index contributed by atoms with van der Waals surface area (Å²) in [5.74, 6) is 1.10. The number of nitrogens with one attached hydrogen (secondary N) is 2. The summed E-state index contributed by atoms with van der Waals surface area (Å²) in [4.78, 5) is 12.5. The standard InChI is InChI=1S/C16H21BrN2O2/c1-16(3-5-18-6-4-16)15(20)19-10-12-9-13(17)8-11-2-7-21-14(11)12/h8-9,18H,2-7,10H2,1H3,(H,19,20). The monoisotopic (exact) mass is 352 g/mol. The van der Waals surface area contributed by atoms with Gasteiger partial charge in [-0.05, 0) is 43.6 Å². The van der Waals surface area contributed by atoms with Crippen molar-refractivity contribution in [3.63, 3.8) is 0 Å². The fourth-order valence-electron chi connectivity index (χ4n) is 3.07. The number of piperidine rings is 1. The molecule has 0 aliphatic carbocycles. The zero-order valence-electron chi connectivity index (χ0n) is 12.3. The van der Waals surface area contributed by atoms with Crippen molar-refractivity contribution >= 4 is 21.8 Å². The topological polar surface area (TPSA) is 50.4 Å². The van der Waals surface area contributed by atoms with Gasteiger partial charge in [0, 0.05) is 28.4 Å². The van der Waals surface area contributed by atoms with Gasteiger partial charge in [0.1, 0.15) is 5.75 Å². The minimum absolute atomic E-state index is 0.149. The molecule has 0 saturated carbocycles. The summed E-state index contributed by atoms with van der Waals surface area (Å²) in [6.07, 6.45) is 2.73. The molecule has 2 N–H and O–H groups in total. The smallest absolute Gasteiger partial charge is 0.226 e. The van der Waals surface area contributed by atoms with Gasteiger partial charge in [0.05, 0.1) is 6.61 Å². The van der Waals surface area contributed by atoms with Crippen molar-refractivity contribution < 1.29 is 9.53 Å². The summed E-state index contributed by atoms with van der Waals surface area (Å²) < 4.78 is 6.75. The highest BCUT2D eigenvalue weighted by atomic mass is 79.9. The van der Waals surface area contributed by atoms with Crippen molar-refractivity contribution in [3.8, 4) is 5.75 Å². The van der Waals surface area contributed by atoms with E-state index in [1.807, 2.05) is 6.07 Å².